The van der Waals surface area contributed by atoms with Gasteiger partial charge in [0.1, 0.15) is 29.1 Å². The van der Waals surface area contributed by atoms with Gasteiger partial charge in [0.2, 0.25) is 0 Å². The number of aryl methyl sites for hydroxylation is 1. The maximum Gasteiger partial charge on any atom is 0.387 e. The second kappa shape index (κ2) is 10.6. The number of aromatic nitrogens is 1. The number of ether oxygens (including phenoxy) is 3. The lowest BCUT2D eigenvalue weighted by atomic mass is 9.83. The van der Waals surface area contributed by atoms with Crippen molar-refractivity contribution in [3.63, 3.8) is 0 Å². The molecule has 0 spiro atoms. The number of halogens is 2. The van der Waals surface area contributed by atoms with Crippen molar-refractivity contribution in [2.24, 2.45) is 0 Å². The molecule has 11 heteroatoms. The van der Waals surface area contributed by atoms with Gasteiger partial charge in [-0.1, -0.05) is 12.1 Å². The third kappa shape index (κ3) is 4.97. The van der Waals surface area contributed by atoms with Crippen molar-refractivity contribution in [3.8, 4) is 23.0 Å². The molecule has 2 aromatic carbocycles. The smallest absolute Gasteiger partial charge is 0.387 e. The van der Waals surface area contributed by atoms with Gasteiger partial charge in [-0.3, -0.25) is 14.6 Å². The minimum absolute atomic E-state index is 0.0532. The van der Waals surface area contributed by atoms with Crippen molar-refractivity contribution in [1.29, 1.82) is 0 Å². The summed E-state index contributed by atoms with van der Waals surface area (Å²) < 4.78 is 40.9. The summed E-state index contributed by atoms with van der Waals surface area (Å²) in [5.74, 6) is -3.89. The molecule has 3 aromatic rings. The number of phenolic OH excluding ortho intramolecular Hbond substituents is 2. The quantitative estimate of drug-likeness (QED) is 0.282. The van der Waals surface area contributed by atoms with E-state index in [1.165, 1.54) is 43.5 Å². The molecule has 0 amide bonds. The molecule has 0 bridgehead atoms. The maximum absolute atomic E-state index is 12.9. The number of phenols is 2. The van der Waals surface area contributed by atoms with E-state index in [1.54, 1.807) is 6.92 Å². The Morgan fingerprint density at radius 1 is 1.16 bits per heavy atom. The third-order valence-corrected chi connectivity index (χ3v) is 6.46. The first-order valence-electron chi connectivity index (χ1n) is 11.5. The number of esters is 1. The first-order chi connectivity index (χ1) is 18.0. The highest BCUT2D eigenvalue weighted by Crippen LogP contribution is 2.50. The van der Waals surface area contributed by atoms with E-state index in [0.29, 0.717) is 16.8 Å². The second-order valence-corrected chi connectivity index (χ2v) is 8.79. The van der Waals surface area contributed by atoms with E-state index in [-0.39, 0.29) is 40.4 Å². The van der Waals surface area contributed by atoms with Gasteiger partial charge < -0.3 is 29.5 Å². The zero-order valence-corrected chi connectivity index (χ0v) is 20.7. The van der Waals surface area contributed by atoms with Gasteiger partial charge in [-0.25, -0.2) is 0 Å². The predicted molar refractivity (Wildman–Crippen MR) is 129 cm³/mol. The number of aromatic hydroxyl groups is 3. The number of rotatable bonds is 8. The summed E-state index contributed by atoms with van der Waals surface area (Å²) in [5.41, 5.74) is 1.12. The number of fused-ring (bicyclic) bond motifs is 1. The predicted octanol–water partition coefficient (Wildman–Crippen LogP) is 4.63. The van der Waals surface area contributed by atoms with Crippen molar-refractivity contribution < 1.29 is 47.9 Å². The monoisotopic (exact) mass is 529 g/mol. The number of ketones is 1. The number of carbonyl (C=O) groups excluding carboxylic acids is 2. The van der Waals surface area contributed by atoms with E-state index in [2.05, 4.69) is 9.72 Å². The number of alkyl halides is 2. The van der Waals surface area contributed by atoms with Gasteiger partial charge in [0.05, 0.1) is 31.4 Å². The lowest BCUT2D eigenvalue weighted by Gasteiger charge is -2.25. The number of nitrogens with zero attached hydrogens (tertiary/aromatic N) is 1. The lowest BCUT2D eigenvalue weighted by Crippen LogP contribution is -2.14. The highest BCUT2D eigenvalue weighted by Gasteiger charge is 2.36. The number of hydrogen-bond donors (Lipinski definition) is 3. The van der Waals surface area contributed by atoms with Crippen LogP contribution < -0.4 is 4.74 Å². The maximum atomic E-state index is 12.9. The van der Waals surface area contributed by atoms with Crippen molar-refractivity contribution >= 4 is 11.8 Å². The molecule has 0 unspecified atom stereocenters. The largest absolute Gasteiger partial charge is 0.507 e. The van der Waals surface area contributed by atoms with E-state index >= 15 is 0 Å². The zero-order valence-electron chi connectivity index (χ0n) is 20.7. The number of pyridine rings is 1. The van der Waals surface area contributed by atoms with Crippen molar-refractivity contribution in [1.82, 2.24) is 4.98 Å². The van der Waals surface area contributed by atoms with Crippen LogP contribution in [0.5, 0.6) is 23.0 Å². The van der Waals surface area contributed by atoms with E-state index in [1.807, 2.05) is 0 Å². The first-order valence-corrected chi connectivity index (χ1v) is 11.5. The van der Waals surface area contributed by atoms with E-state index in [4.69, 9.17) is 9.47 Å². The molecule has 38 heavy (non-hydrogen) atoms. The van der Waals surface area contributed by atoms with Crippen LogP contribution in [0.25, 0.3) is 0 Å². The average molecular weight is 529 g/mol. The summed E-state index contributed by atoms with van der Waals surface area (Å²) in [7, 11) is 1.15. The Balaban J connectivity index is 1.96. The Morgan fingerprint density at radius 2 is 1.89 bits per heavy atom. The molecule has 0 fully saturated rings. The Kier molecular flexibility index (Phi) is 7.49. The second-order valence-electron chi connectivity index (χ2n) is 8.79. The fourth-order valence-corrected chi connectivity index (χ4v) is 4.61. The van der Waals surface area contributed by atoms with Crippen molar-refractivity contribution in [2.45, 2.75) is 45.5 Å². The van der Waals surface area contributed by atoms with Gasteiger partial charge in [0.25, 0.3) is 0 Å². The molecule has 2 heterocycles. The van der Waals surface area contributed by atoms with Gasteiger partial charge in [-0.15, -0.1) is 0 Å². The fourth-order valence-electron chi connectivity index (χ4n) is 4.61. The Labute approximate surface area is 216 Å². The van der Waals surface area contributed by atoms with Crippen LogP contribution in [0.4, 0.5) is 8.78 Å². The molecular formula is C27H25F2NO8. The van der Waals surface area contributed by atoms with Crippen LogP contribution in [0.3, 0.4) is 0 Å². The Hall–Kier alpha value is -4.25. The molecule has 0 saturated heterocycles. The number of hydrogen-bond acceptors (Lipinski definition) is 9. The van der Waals surface area contributed by atoms with Gasteiger partial charge in [0.15, 0.2) is 5.78 Å². The highest BCUT2D eigenvalue weighted by molar-refractivity contribution is 5.98. The summed E-state index contributed by atoms with van der Waals surface area (Å²) >= 11 is 0. The summed E-state index contributed by atoms with van der Waals surface area (Å²) in [4.78, 5) is 29.0. The van der Waals surface area contributed by atoms with Crippen LogP contribution in [-0.2, 0) is 20.9 Å². The molecule has 1 aliphatic rings. The molecule has 2 atom stereocenters. The van der Waals surface area contributed by atoms with Crippen LogP contribution >= 0.6 is 0 Å². The molecule has 1 aromatic heterocycles. The summed E-state index contributed by atoms with van der Waals surface area (Å²) in [5, 5.41) is 33.4. The van der Waals surface area contributed by atoms with Crippen LogP contribution in [0.1, 0.15) is 69.2 Å². The Bertz CT molecular complexity index is 1410. The minimum Gasteiger partial charge on any atom is -0.507 e. The van der Waals surface area contributed by atoms with Crippen LogP contribution in [0.15, 0.2) is 36.5 Å². The third-order valence-electron chi connectivity index (χ3n) is 6.46. The molecular weight excluding hydrogens is 504 g/mol. The molecule has 1 aliphatic heterocycles. The van der Waals surface area contributed by atoms with Crippen LogP contribution in [0, 0.1) is 6.92 Å². The molecule has 200 valence electrons. The number of benzene rings is 2. The van der Waals surface area contributed by atoms with Crippen molar-refractivity contribution in [2.75, 3.05) is 7.11 Å². The topological polar surface area (TPSA) is 135 Å². The Morgan fingerprint density at radius 3 is 2.55 bits per heavy atom. The fraction of sp³-hybridized carbons (Fsp3) is 0.296. The summed E-state index contributed by atoms with van der Waals surface area (Å²) in [6.45, 7) is -0.246. The minimum atomic E-state index is -3.11. The van der Waals surface area contributed by atoms with Crippen LogP contribution in [0.2, 0.25) is 0 Å². The van der Waals surface area contributed by atoms with Gasteiger partial charge in [0, 0.05) is 34.4 Å². The van der Waals surface area contributed by atoms with E-state index in [0.717, 1.165) is 7.11 Å². The molecule has 3 N–H and O–H groups in total. The molecule has 0 aliphatic carbocycles. The first kappa shape index (κ1) is 26.8. The van der Waals surface area contributed by atoms with E-state index in [9.17, 15) is 33.7 Å². The molecule has 0 saturated carbocycles. The standard InChI is InChI=1S/C27H25F2NO8/c1-12-23(33)21-15(10-30-12)11-37-26(21)19-8-17(13(2)31)24(34)22(25(19)35)18(9-20(32)36-3)14-5-4-6-16(7-14)38-27(28)29/h4-8,10,18,26-27,33-35H,9,11H2,1-3H3/t18-,26+/m0/s1. The zero-order chi connectivity index (χ0) is 27.7. The van der Waals surface area contributed by atoms with Gasteiger partial charge in [-0.05, 0) is 37.6 Å². The van der Waals surface area contributed by atoms with E-state index < -0.39 is 48.3 Å². The van der Waals surface area contributed by atoms with Gasteiger partial charge >= 0.3 is 12.6 Å². The molecule has 0 radical (unpaired) electrons. The van der Waals surface area contributed by atoms with Crippen molar-refractivity contribution in [3.05, 3.63) is 75.6 Å². The van der Waals surface area contributed by atoms with Gasteiger partial charge in [-0.2, -0.15) is 8.78 Å². The average Bonchev–Trinajstić information content (AvgIpc) is 3.29. The highest BCUT2D eigenvalue weighted by atomic mass is 19.3. The van der Waals surface area contributed by atoms with Crippen LogP contribution in [-0.4, -0.2) is 45.8 Å². The normalized spacial score (nSPS) is 15.3. The SMILES string of the molecule is COC(=O)C[C@@H](c1cccc(OC(F)F)c1)c1c(O)c(C(C)=O)cc([C@H]2OCc3cnc(C)c(O)c32)c1O. The molecule has 9 nitrogen and oxygen atoms in total. The number of carbonyl (C=O) groups is 2. The molecule has 4 rings (SSSR count). The summed E-state index contributed by atoms with van der Waals surface area (Å²) in [6.07, 6.45) is 0.0762. The number of Topliss-reactive ketones (excluding diaryl/α,β-unsaturated/α-hetero) is 1. The summed E-state index contributed by atoms with van der Waals surface area (Å²) in [6, 6.07) is 6.68. The lowest BCUT2D eigenvalue weighted by molar-refractivity contribution is -0.140. The number of methoxy groups -OCH3 is 1.